The zero-order valence-corrected chi connectivity index (χ0v) is 12.5. The van der Waals surface area contributed by atoms with Crippen LogP contribution < -0.4 is 0 Å². The average Bonchev–Trinajstić information content (AvgIpc) is 2.86. The number of ether oxygens (including phenoxy) is 2. The number of esters is 1. The van der Waals surface area contributed by atoms with Crippen LogP contribution in [-0.2, 0) is 19.2 Å². The van der Waals surface area contributed by atoms with Gasteiger partial charge in [0.15, 0.2) is 0 Å². The molecule has 1 aliphatic rings. The summed E-state index contributed by atoms with van der Waals surface area (Å²) < 4.78 is 10.6. The van der Waals surface area contributed by atoms with Crippen LogP contribution in [0.1, 0.15) is 58.8 Å². The van der Waals surface area contributed by atoms with Crippen molar-refractivity contribution in [2.45, 2.75) is 70.7 Å². The van der Waals surface area contributed by atoms with Gasteiger partial charge in [0.1, 0.15) is 0 Å². The van der Waals surface area contributed by atoms with E-state index in [1.165, 1.54) is 18.9 Å². The summed E-state index contributed by atoms with van der Waals surface area (Å²) in [4.78, 5) is 15.8. The van der Waals surface area contributed by atoms with Gasteiger partial charge in [-0.05, 0) is 25.8 Å². The summed E-state index contributed by atoms with van der Waals surface area (Å²) >= 11 is 0. The van der Waals surface area contributed by atoms with Crippen molar-refractivity contribution >= 4 is 5.97 Å². The highest BCUT2D eigenvalue weighted by molar-refractivity contribution is 5.81. The maximum atomic E-state index is 11.2. The van der Waals surface area contributed by atoms with Crippen LogP contribution in [0.2, 0.25) is 0 Å². The molecule has 1 rings (SSSR count). The Morgan fingerprint density at radius 3 is 2.85 bits per heavy atom. The molecule has 0 amide bonds. The van der Waals surface area contributed by atoms with Crippen molar-refractivity contribution in [3.8, 4) is 0 Å². The first-order valence-corrected chi connectivity index (χ1v) is 7.51. The topological polar surface area (TPSA) is 65.0 Å². The molecule has 5 heteroatoms. The van der Waals surface area contributed by atoms with Gasteiger partial charge in [0, 0.05) is 18.9 Å². The van der Waals surface area contributed by atoms with E-state index in [1.54, 1.807) is 13.0 Å². The second-order valence-corrected chi connectivity index (χ2v) is 5.12. The van der Waals surface area contributed by atoms with Crippen LogP contribution in [0.25, 0.3) is 0 Å². The molecule has 0 radical (unpaired) electrons. The van der Waals surface area contributed by atoms with Gasteiger partial charge in [-0.2, -0.15) is 0 Å². The number of carbonyl (C=O) groups is 1. The summed E-state index contributed by atoms with van der Waals surface area (Å²) in [5.41, 5.74) is 0. The molecule has 1 fully saturated rings. The van der Waals surface area contributed by atoms with Gasteiger partial charge in [0.25, 0.3) is 0 Å². The van der Waals surface area contributed by atoms with Gasteiger partial charge >= 0.3 is 5.97 Å². The zero-order valence-electron chi connectivity index (χ0n) is 12.5. The Hall–Kier alpha value is -0.910. The maximum Gasteiger partial charge on any atom is 0.330 e. The Balaban J connectivity index is 2.39. The largest absolute Gasteiger partial charge is 0.463 e. The van der Waals surface area contributed by atoms with Crippen molar-refractivity contribution in [3.05, 3.63) is 12.2 Å². The molecule has 0 aromatic carbocycles. The monoisotopic (exact) mass is 286 g/mol. The van der Waals surface area contributed by atoms with Gasteiger partial charge < -0.3 is 9.47 Å². The van der Waals surface area contributed by atoms with Crippen LogP contribution in [0.15, 0.2) is 12.2 Å². The third kappa shape index (κ3) is 5.61. The molecule has 20 heavy (non-hydrogen) atoms. The van der Waals surface area contributed by atoms with E-state index in [9.17, 15) is 4.79 Å². The SMILES string of the molecule is CCCCCC[C@]1(OO)CC[C@@H](/C=C/C(=O)OCC)O1. The van der Waals surface area contributed by atoms with Crippen molar-refractivity contribution in [1.82, 2.24) is 0 Å². The fourth-order valence-electron chi connectivity index (χ4n) is 2.39. The lowest BCUT2D eigenvalue weighted by molar-refractivity contribution is -0.398. The predicted molar refractivity (Wildman–Crippen MR) is 75.1 cm³/mol. The van der Waals surface area contributed by atoms with Crippen LogP contribution in [0.4, 0.5) is 0 Å². The van der Waals surface area contributed by atoms with E-state index < -0.39 is 5.79 Å². The minimum atomic E-state index is -0.905. The molecule has 0 aliphatic carbocycles. The number of carbonyl (C=O) groups excluding carboxylic acids is 1. The number of unbranched alkanes of at least 4 members (excludes halogenated alkanes) is 3. The molecule has 116 valence electrons. The smallest absolute Gasteiger partial charge is 0.330 e. The Labute approximate surface area is 120 Å². The van der Waals surface area contributed by atoms with Gasteiger partial charge in [-0.25, -0.2) is 14.9 Å². The standard InChI is InChI=1S/C15H26O5/c1-3-5-6-7-11-15(20-17)12-10-13(19-15)8-9-14(16)18-4-2/h8-9,13,17H,3-7,10-12H2,1-2H3/b9-8+/t13-,15+/m1/s1. The second kappa shape index (κ2) is 9.10. The van der Waals surface area contributed by atoms with Crippen molar-refractivity contribution in [2.24, 2.45) is 0 Å². The zero-order chi connectivity index (χ0) is 14.8. The summed E-state index contributed by atoms with van der Waals surface area (Å²) in [5, 5.41) is 9.11. The van der Waals surface area contributed by atoms with Crippen LogP contribution in [-0.4, -0.2) is 29.7 Å². The molecule has 0 aromatic heterocycles. The normalized spacial score (nSPS) is 26.2. The Morgan fingerprint density at radius 1 is 1.40 bits per heavy atom. The highest BCUT2D eigenvalue weighted by atomic mass is 17.1. The minimum absolute atomic E-state index is 0.210. The van der Waals surface area contributed by atoms with E-state index in [0.717, 1.165) is 19.3 Å². The molecule has 1 N–H and O–H groups in total. The fraction of sp³-hybridized carbons (Fsp3) is 0.800. The second-order valence-electron chi connectivity index (χ2n) is 5.12. The van der Waals surface area contributed by atoms with E-state index in [1.807, 2.05) is 0 Å². The molecule has 2 atom stereocenters. The van der Waals surface area contributed by atoms with Gasteiger partial charge in [0.05, 0.1) is 12.7 Å². The maximum absolute atomic E-state index is 11.2. The minimum Gasteiger partial charge on any atom is -0.463 e. The molecule has 1 heterocycles. The fourth-order valence-corrected chi connectivity index (χ4v) is 2.39. The first-order chi connectivity index (χ1) is 9.65. The van der Waals surface area contributed by atoms with Crippen LogP contribution in [0.5, 0.6) is 0 Å². The van der Waals surface area contributed by atoms with Crippen LogP contribution in [0.3, 0.4) is 0 Å². The van der Waals surface area contributed by atoms with Gasteiger partial charge in [-0.1, -0.05) is 26.2 Å². The summed E-state index contributed by atoms with van der Waals surface area (Å²) in [6.07, 6.45) is 9.27. The van der Waals surface area contributed by atoms with Crippen LogP contribution >= 0.6 is 0 Å². The lowest BCUT2D eigenvalue weighted by Gasteiger charge is -2.25. The predicted octanol–water partition coefficient (Wildman–Crippen LogP) is 3.44. The molecule has 0 saturated carbocycles. The number of rotatable bonds is 9. The molecule has 1 saturated heterocycles. The highest BCUT2D eigenvalue weighted by Gasteiger charge is 2.40. The summed E-state index contributed by atoms with van der Waals surface area (Å²) in [5.74, 6) is -1.28. The van der Waals surface area contributed by atoms with Crippen molar-refractivity contribution in [2.75, 3.05) is 6.61 Å². The quantitative estimate of drug-likeness (QED) is 0.231. The van der Waals surface area contributed by atoms with Crippen molar-refractivity contribution in [3.63, 3.8) is 0 Å². The summed E-state index contributed by atoms with van der Waals surface area (Å²) in [6, 6.07) is 0. The third-order valence-corrected chi connectivity index (χ3v) is 3.49. The lowest BCUT2D eigenvalue weighted by Crippen LogP contribution is -2.31. The number of hydrogen-bond donors (Lipinski definition) is 1. The van der Waals surface area contributed by atoms with E-state index in [2.05, 4.69) is 11.8 Å². The van der Waals surface area contributed by atoms with E-state index in [-0.39, 0.29) is 12.1 Å². The van der Waals surface area contributed by atoms with Gasteiger partial charge in [-0.3, -0.25) is 0 Å². The molecule has 1 aliphatic heterocycles. The molecule has 0 aromatic rings. The number of hydrogen-bond acceptors (Lipinski definition) is 5. The van der Waals surface area contributed by atoms with E-state index in [4.69, 9.17) is 14.7 Å². The van der Waals surface area contributed by atoms with Crippen molar-refractivity contribution < 1.29 is 24.4 Å². The van der Waals surface area contributed by atoms with Gasteiger partial charge in [-0.15, -0.1) is 0 Å². The molecular formula is C15H26O5. The van der Waals surface area contributed by atoms with Crippen LogP contribution in [0, 0.1) is 0 Å². The molecule has 0 spiro atoms. The van der Waals surface area contributed by atoms with E-state index >= 15 is 0 Å². The summed E-state index contributed by atoms with van der Waals surface area (Å²) in [7, 11) is 0. The lowest BCUT2D eigenvalue weighted by atomic mass is 10.0. The molecule has 5 nitrogen and oxygen atoms in total. The van der Waals surface area contributed by atoms with Crippen molar-refractivity contribution in [1.29, 1.82) is 0 Å². The Kier molecular flexibility index (Phi) is 7.80. The Morgan fingerprint density at radius 2 is 2.20 bits per heavy atom. The van der Waals surface area contributed by atoms with E-state index in [0.29, 0.717) is 19.4 Å². The Bertz CT molecular complexity index is 315. The molecule has 0 bridgehead atoms. The first-order valence-electron chi connectivity index (χ1n) is 7.51. The third-order valence-electron chi connectivity index (χ3n) is 3.49. The summed E-state index contributed by atoms with van der Waals surface area (Å²) in [6.45, 7) is 4.27. The first kappa shape index (κ1) is 17.1. The average molecular weight is 286 g/mol. The van der Waals surface area contributed by atoms with Gasteiger partial charge in [0.2, 0.25) is 5.79 Å². The highest BCUT2D eigenvalue weighted by Crippen LogP contribution is 2.35. The molecular weight excluding hydrogens is 260 g/mol. The molecule has 0 unspecified atom stereocenters.